The first-order valence-electron chi connectivity index (χ1n) is 11.9. The van der Waals surface area contributed by atoms with Gasteiger partial charge in [-0.25, -0.2) is 0 Å². The molecular formula is C28H27N5O3. The fraction of sp³-hybridized carbons (Fsp3) is 0.214. The summed E-state index contributed by atoms with van der Waals surface area (Å²) in [4.78, 5) is 50.3. The van der Waals surface area contributed by atoms with Crippen LogP contribution in [0, 0.1) is 6.92 Å². The average molecular weight is 482 g/mol. The van der Waals surface area contributed by atoms with E-state index in [9.17, 15) is 14.4 Å². The fourth-order valence-corrected chi connectivity index (χ4v) is 4.70. The monoisotopic (exact) mass is 481 g/mol. The molecule has 4 aromatic rings. The first-order valence-corrected chi connectivity index (χ1v) is 11.9. The van der Waals surface area contributed by atoms with Gasteiger partial charge >= 0.3 is 0 Å². The first kappa shape index (κ1) is 23.3. The van der Waals surface area contributed by atoms with E-state index in [1.54, 1.807) is 40.4 Å². The lowest BCUT2D eigenvalue weighted by Gasteiger charge is -2.39. The van der Waals surface area contributed by atoms with Crippen molar-refractivity contribution in [2.24, 2.45) is 0 Å². The number of H-pyrrole nitrogens is 1. The second-order valence-corrected chi connectivity index (χ2v) is 9.15. The third-order valence-electron chi connectivity index (χ3n) is 6.79. The Kier molecular flexibility index (Phi) is 6.01. The molecule has 8 nitrogen and oxygen atoms in total. The molecule has 8 heteroatoms. The Bertz CT molecular complexity index is 1480. The molecule has 1 atom stereocenters. The summed E-state index contributed by atoms with van der Waals surface area (Å²) in [7, 11) is 0. The minimum atomic E-state index is -0.587. The fourth-order valence-electron chi connectivity index (χ4n) is 4.70. The van der Waals surface area contributed by atoms with Crippen LogP contribution in [-0.2, 0) is 4.79 Å². The number of benzene rings is 2. The van der Waals surface area contributed by atoms with Gasteiger partial charge in [-0.3, -0.25) is 19.4 Å². The third kappa shape index (κ3) is 4.11. The van der Waals surface area contributed by atoms with Crippen LogP contribution in [0.1, 0.15) is 33.2 Å². The topological polar surface area (TPSA) is 112 Å². The zero-order valence-corrected chi connectivity index (χ0v) is 20.2. The van der Waals surface area contributed by atoms with Crippen molar-refractivity contribution in [3.8, 4) is 11.3 Å². The van der Waals surface area contributed by atoms with E-state index in [-0.39, 0.29) is 11.9 Å². The van der Waals surface area contributed by atoms with E-state index in [2.05, 4.69) is 9.97 Å². The highest BCUT2D eigenvalue weighted by molar-refractivity contribution is 6.45. The number of amides is 2. The zero-order valence-electron chi connectivity index (χ0n) is 20.2. The number of aromatic amines is 1. The van der Waals surface area contributed by atoms with Crippen LogP contribution in [0.4, 0.5) is 5.69 Å². The van der Waals surface area contributed by atoms with Crippen LogP contribution >= 0.6 is 0 Å². The number of Topliss-reactive ketones (excluding diaryl/α,β-unsaturated/α-hetero) is 1. The standard InChI is InChI=1S/C28H27N5O3/c1-17-8-9-20(14-23(17)29)24-25-21(10-11-30-24)22(15-31-25)26(34)28(36)33-13-12-32(16-18(33)2)27(35)19-6-4-3-5-7-19/h3-11,14-15,18,31H,12-13,16,29H2,1-2H3. The SMILES string of the molecule is Cc1ccc(-c2nccc3c(C(=O)C(=O)N4CCN(C(=O)c5ccccc5)CC4C)c[nH]c23)cc1N. The summed E-state index contributed by atoms with van der Waals surface area (Å²) in [6.45, 7) is 4.82. The van der Waals surface area contributed by atoms with Crippen molar-refractivity contribution in [1.29, 1.82) is 0 Å². The molecule has 182 valence electrons. The van der Waals surface area contributed by atoms with Crippen molar-refractivity contribution < 1.29 is 14.4 Å². The van der Waals surface area contributed by atoms with Gasteiger partial charge in [0.05, 0.1) is 16.8 Å². The number of ketones is 1. The number of carbonyl (C=O) groups is 3. The number of nitrogens with zero attached hydrogens (tertiary/aromatic N) is 3. The van der Waals surface area contributed by atoms with E-state index < -0.39 is 11.7 Å². The van der Waals surface area contributed by atoms with E-state index in [0.717, 1.165) is 11.1 Å². The summed E-state index contributed by atoms with van der Waals surface area (Å²) in [5, 5.41) is 0.628. The molecule has 2 amide bonds. The molecule has 0 bridgehead atoms. The molecule has 1 saturated heterocycles. The highest BCUT2D eigenvalue weighted by Gasteiger charge is 2.34. The Hall–Kier alpha value is -4.46. The summed E-state index contributed by atoms with van der Waals surface area (Å²) >= 11 is 0. The second-order valence-electron chi connectivity index (χ2n) is 9.15. The Morgan fingerprint density at radius 1 is 1.06 bits per heavy atom. The first-order chi connectivity index (χ1) is 17.3. The second kappa shape index (κ2) is 9.30. The van der Waals surface area contributed by atoms with Gasteiger partial charge in [-0.1, -0.05) is 30.3 Å². The van der Waals surface area contributed by atoms with E-state index in [1.165, 1.54) is 0 Å². The zero-order chi connectivity index (χ0) is 25.4. The number of carbonyl (C=O) groups excluding carboxylic acids is 3. The lowest BCUT2D eigenvalue weighted by molar-refractivity contribution is -0.130. The molecule has 3 heterocycles. The smallest absolute Gasteiger partial charge is 0.295 e. The largest absolute Gasteiger partial charge is 0.398 e. The number of anilines is 1. The molecule has 1 unspecified atom stereocenters. The summed E-state index contributed by atoms with van der Waals surface area (Å²) in [5.41, 5.74) is 10.8. The number of nitrogens with one attached hydrogen (secondary N) is 1. The van der Waals surface area contributed by atoms with Crippen molar-refractivity contribution >= 4 is 34.2 Å². The number of nitrogen functional groups attached to an aromatic ring is 1. The van der Waals surface area contributed by atoms with Gasteiger partial charge < -0.3 is 20.5 Å². The molecule has 3 N–H and O–H groups in total. The number of nitrogens with two attached hydrogens (primary N) is 1. The number of hydrogen-bond acceptors (Lipinski definition) is 5. The summed E-state index contributed by atoms with van der Waals surface area (Å²) < 4.78 is 0. The third-order valence-corrected chi connectivity index (χ3v) is 6.79. The van der Waals surface area contributed by atoms with Crippen molar-refractivity contribution in [2.45, 2.75) is 19.9 Å². The number of pyridine rings is 1. The molecule has 36 heavy (non-hydrogen) atoms. The molecule has 0 saturated carbocycles. The average Bonchev–Trinajstić information content (AvgIpc) is 3.34. The van der Waals surface area contributed by atoms with Crippen LogP contribution in [-0.4, -0.2) is 63.0 Å². The van der Waals surface area contributed by atoms with E-state index in [0.29, 0.717) is 53.0 Å². The van der Waals surface area contributed by atoms with Crippen LogP contribution < -0.4 is 5.73 Å². The molecule has 5 rings (SSSR count). The number of piperazine rings is 1. The minimum Gasteiger partial charge on any atom is -0.398 e. The van der Waals surface area contributed by atoms with Gasteiger partial charge in [-0.05, 0) is 43.7 Å². The van der Waals surface area contributed by atoms with Gasteiger partial charge in [0.15, 0.2) is 0 Å². The van der Waals surface area contributed by atoms with Crippen LogP contribution in [0.3, 0.4) is 0 Å². The molecule has 1 aliphatic heterocycles. The number of aryl methyl sites for hydroxylation is 1. The lowest BCUT2D eigenvalue weighted by atomic mass is 10.0. The van der Waals surface area contributed by atoms with Crippen molar-refractivity contribution in [3.63, 3.8) is 0 Å². The molecule has 1 fully saturated rings. The van der Waals surface area contributed by atoms with Crippen LogP contribution in [0.5, 0.6) is 0 Å². The predicted molar refractivity (Wildman–Crippen MR) is 139 cm³/mol. The number of fused-ring (bicyclic) bond motifs is 1. The van der Waals surface area contributed by atoms with Gasteiger partial charge in [0.1, 0.15) is 0 Å². The molecular weight excluding hydrogens is 454 g/mol. The van der Waals surface area contributed by atoms with Crippen molar-refractivity contribution in [3.05, 3.63) is 83.7 Å². The van der Waals surface area contributed by atoms with Crippen LogP contribution in [0.25, 0.3) is 22.2 Å². The highest BCUT2D eigenvalue weighted by Crippen LogP contribution is 2.30. The molecule has 1 aliphatic rings. The van der Waals surface area contributed by atoms with E-state index >= 15 is 0 Å². The number of hydrogen-bond donors (Lipinski definition) is 2. The van der Waals surface area contributed by atoms with Gasteiger partial charge in [0.2, 0.25) is 0 Å². The maximum absolute atomic E-state index is 13.3. The van der Waals surface area contributed by atoms with Crippen molar-refractivity contribution in [1.82, 2.24) is 19.8 Å². The van der Waals surface area contributed by atoms with Gasteiger partial charge in [-0.15, -0.1) is 0 Å². The predicted octanol–water partition coefficient (Wildman–Crippen LogP) is 3.68. The van der Waals surface area contributed by atoms with Crippen molar-refractivity contribution in [2.75, 3.05) is 25.4 Å². The summed E-state index contributed by atoms with van der Waals surface area (Å²) in [6.07, 6.45) is 3.19. The number of rotatable bonds is 4. The molecule has 2 aromatic heterocycles. The van der Waals surface area contributed by atoms with Gasteiger partial charge in [0, 0.05) is 60.3 Å². The van der Waals surface area contributed by atoms with Crippen LogP contribution in [0.15, 0.2) is 67.0 Å². The lowest BCUT2D eigenvalue weighted by Crippen LogP contribution is -2.56. The summed E-state index contributed by atoms with van der Waals surface area (Å²) in [5.74, 6) is -1.24. The molecule has 0 aliphatic carbocycles. The number of aromatic nitrogens is 2. The normalized spacial score (nSPS) is 15.8. The Labute approximate surface area is 208 Å². The molecule has 2 aromatic carbocycles. The molecule has 0 radical (unpaired) electrons. The van der Waals surface area contributed by atoms with Crippen LogP contribution in [0.2, 0.25) is 0 Å². The van der Waals surface area contributed by atoms with Gasteiger partial charge in [-0.2, -0.15) is 0 Å². The quantitative estimate of drug-likeness (QED) is 0.262. The van der Waals surface area contributed by atoms with E-state index in [1.807, 2.05) is 50.2 Å². The Morgan fingerprint density at radius 3 is 2.56 bits per heavy atom. The maximum atomic E-state index is 13.3. The Morgan fingerprint density at radius 2 is 1.83 bits per heavy atom. The molecule has 0 spiro atoms. The van der Waals surface area contributed by atoms with Gasteiger partial charge in [0.25, 0.3) is 17.6 Å². The Balaban J connectivity index is 1.36. The highest BCUT2D eigenvalue weighted by atomic mass is 16.2. The maximum Gasteiger partial charge on any atom is 0.295 e. The minimum absolute atomic E-state index is 0.0747. The van der Waals surface area contributed by atoms with E-state index in [4.69, 9.17) is 5.73 Å². The summed E-state index contributed by atoms with van der Waals surface area (Å²) in [6, 6.07) is 16.2.